The summed E-state index contributed by atoms with van der Waals surface area (Å²) in [4.78, 5) is 9.02. The Morgan fingerprint density at radius 3 is 2.83 bits per heavy atom. The molecular weight excluding hydrogens is 226 g/mol. The van der Waals surface area contributed by atoms with Gasteiger partial charge in [0.1, 0.15) is 5.60 Å². The van der Waals surface area contributed by atoms with Crippen LogP contribution in [0.2, 0.25) is 0 Å². The number of hydrogen-bond donors (Lipinski definition) is 1. The second kappa shape index (κ2) is 5.76. The van der Waals surface area contributed by atoms with Crippen LogP contribution in [-0.2, 0) is 16.9 Å². The zero-order valence-corrected chi connectivity index (χ0v) is 11.6. The van der Waals surface area contributed by atoms with Crippen LogP contribution in [0.25, 0.3) is 0 Å². The maximum Gasteiger partial charge on any atom is 0.160 e. The number of ether oxygens (including phenoxy) is 1. The maximum absolute atomic E-state index is 5.81. The molecule has 1 aliphatic carbocycles. The SMILES string of the molecule is CCOC(C)(CC)c1nccc(CNC2CC2)n1. The molecule has 1 atom stereocenters. The number of nitrogens with zero attached hydrogens (tertiary/aromatic N) is 2. The van der Waals surface area contributed by atoms with Crippen LogP contribution in [0.15, 0.2) is 12.3 Å². The van der Waals surface area contributed by atoms with Gasteiger partial charge in [0, 0.05) is 25.4 Å². The molecule has 1 aliphatic rings. The zero-order valence-electron chi connectivity index (χ0n) is 11.6. The van der Waals surface area contributed by atoms with Crippen molar-refractivity contribution in [2.75, 3.05) is 6.61 Å². The molecule has 0 aliphatic heterocycles. The molecule has 4 nitrogen and oxygen atoms in total. The van der Waals surface area contributed by atoms with Crippen LogP contribution >= 0.6 is 0 Å². The quantitative estimate of drug-likeness (QED) is 0.806. The molecule has 18 heavy (non-hydrogen) atoms. The van der Waals surface area contributed by atoms with E-state index in [1.165, 1.54) is 12.8 Å². The molecule has 1 aromatic rings. The lowest BCUT2D eigenvalue weighted by molar-refractivity contribution is -0.0392. The van der Waals surface area contributed by atoms with Gasteiger partial charge in [-0.2, -0.15) is 0 Å². The van der Waals surface area contributed by atoms with Crippen molar-refractivity contribution in [1.82, 2.24) is 15.3 Å². The third-order valence-electron chi connectivity index (χ3n) is 3.47. The Hall–Kier alpha value is -1.00. The molecule has 0 saturated heterocycles. The molecule has 0 amide bonds. The first-order chi connectivity index (χ1) is 8.68. The minimum absolute atomic E-state index is 0.371. The van der Waals surface area contributed by atoms with Crippen molar-refractivity contribution in [3.8, 4) is 0 Å². The average molecular weight is 249 g/mol. The van der Waals surface area contributed by atoms with Crippen LogP contribution < -0.4 is 5.32 Å². The van der Waals surface area contributed by atoms with Gasteiger partial charge in [0.05, 0.1) is 5.69 Å². The largest absolute Gasteiger partial charge is 0.368 e. The van der Waals surface area contributed by atoms with E-state index in [9.17, 15) is 0 Å². The summed E-state index contributed by atoms with van der Waals surface area (Å²) in [5.41, 5.74) is 0.677. The van der Waals surface area contributed by atoms with E-state index >= 15 is 0 Å². The van der Waals surface area contributed by atoms with Crippen molar-refractivity contribution in [1.29, 1.82) is 0 Å². The molecule has 1 fully saturated rings. The molecule has 0 aromatic carbocycles. The van der Waals surface area contributed by atoms with Gasteiger partial charge in [-0.1, -0.05) is 6.92 Å². The fourth-order valence-electron chi connectivity index (χ4n) is 1.93. The summed E-state index contributed by atoms with van der Waals surface area (Å²) in [6, 6.07) is 2.67. The predicted octanol–water partition coefficient (Wildman–Crippen LogP) is 2.39. The monoisotopic (exact) mass is 249 g/mol. The highest BCUT2D eigenvalue weighted by Gasteiger charge is 2.28. The fraction of sp³-hybridized carbons (Fsp3) is 0.714. The second-order valence-corrected chi connectivity index (χ2v) is 5.04. The molecule has 0 bridgehead atoms. The summed E-state index contributed by atoms with van der Waals surface area (Å²) in [5, 5.41) is 3.47. The lowest BCUT2D eigenvalue weighted by Crippen LogP contribution is -2.28. The van der Waals surface area contributed by atoms with Gasteiger partial charge in [0.25, 0.3) is 0 Å². The molecule has 1 saturated carbocycles. The van der Waals surface area contributed by atoms with Gasteiger partial charge in [-0.05, 0) is 39.2 Å². The summed E-state index contributed by atoms with van der Waals surface area (Å²) in [7, 11) is 0. The molecular formula is C14H23N3O. The molecule has 1 aromatic heterocycles. The van der Waals surface area contributed by atoms with Gasteiger partial charge < -0.3 is 10.1 Å². The van der Waals surface area contributed by atoms with E-state index in [0.717, 1.165) is 24.5 Å². The number of aromatic nitrogens is 2. The zero-order chi connectivity index (χ0) is 13.0. The molecule has 1 heterocycles. The van der Waals surface area contributed by atoms with Gasteiger partial charge in [0.15, 0.2) is 5.82 Å². The smallest absolute Gasteiger partial charge is 0.160 e. The highest BCUT2D eigenvalue weighted by atomic mass is 16.5. The summed E-state index contributed by atoms with van der Waals surface area (Å²) in [6.07, 6.45) is 5.30. The topological polar surface area (TPSA) is 47.0 Å². The molecule has 100 valence electrons. The Kier molecular flexibility index (Phi) is 4.30. The van der Waals surface area contributed by atoms with Crippen molar-refractivity contribution in [3.63, 3.8) is 0 Å². The van der Waals surface area contributed by atoms with Gasteiger partial charge in [0.2, 0.25) is 0 Å². The predicted molar refractivity (Wildman–Crippen MR) is 71.2 cm³/mol. The van der Waals surface area contributed by atoms with Crippen molar-refractivity contribution in [2.24, 2.45) is 0 Å². The van der Waals surface area contributed by atoms with Crippen molar-refractivity contribution < 1.29 is 4.74 Å². The van der Waals surface area contributed by atoms with E-state index in [0.29, 0.717) is 12.6 Å². The molecule has 1 N–H and O–H groups in total. The Morgan fingerprint density at radius 1 is 1.44 bits per heavy atom. The maximum atomic E-state index is 5.81. The molecule has 1 unspecified atom stereocenters. The van der Waals surface area contributed by atoms with Gasteiger partial charge in [-0.3, -0.25) is 0 Å². The van der Waals surface area contributed by atoms with Crippen molar-refractivity contribution >= 4 is 0 Å². The first-order valence-corrected chi connectivity index (χ1v) is 6.87. The van der Waals surface area contributed by atoms with Crippen molar-refractivity contribution in [3.05, 3.63) is 23.8 Å². The van der Waals surface area contributed by atoms with Crippen LogP contribution in [0.3, 0.4) is 0 Å². The molecule has 2 rings (SSSR count). The Morgan fingerprint density at radius 2 is 2.22 bits per heavy atom. The summed E-state index contributed by atoms with van der Waals surface area (Å²) in [6.45, 7) is 7.68. The Balaban J connectivity index is 2.08. The third-order valence-corrected chi connectivity index (χ3v) is 3.47. The average Bonchev–Trinajstić information content (AvgIpc) is 3.21. The van der Waals surface area contributed by atoms with Crippen LogP contribution in [0.1, 0.15) is 51.6 Å². The third kappa shape index (κ3) is 3.27. The molecule has 0 radical (unpaired) electrons. The summed E-state index contributed by atoms with van der Waals surface area (Å²) < 4.78 is 5.81. The second-order valence-electron chi connectivity index (χ2n) is 5.04. The van der Waals surface area contributed by atoms with Crippen LogP contribution in [0.5, 0.6) is 0 Å². The first kappa shape index (κ1) is 13.4. The minimum Gasteiger partial charge on any atom is -0.368 e. The lowest BCUT2D eigenvalue weighted by atomic mass is 10.0. The van der Waals surface area contributed by atoms with Gasteiger partial charge in [-0.15, -0.1) is 0 Å². The van der Waals surface area contributed by atoms with E-state index in [2.05, 4.69) is 29.1 Å². The van der Waals surface area contributed by atoms with Gasteiger partial charge in [-0.25, -0.2) is 9.97 Å². The highest BCUT2D eigenvalue weighted by Crippen LogP contribution is 2.26. The van der Waals surface area contributed by atoms with E-state index in [1.54, 1.807) is 0 Å². The molecule has 4 heteroatoms. The van der Waals surface area contributed by atoms with E-state index in [4.69, 9.17) is 4.74 Å². The normalized spacial score (nSPS) is 18.6. The van der Waals surface area contributed by atoms with E-state index < -0.39 is 0 Å². The fourth-order valence-corrected chi connectivity index (χ4v) is 1.93. The summed E-state index contributed by atoms with van der Waals surface area (Å²) in [5.74, 6) is 0.793. The standard InChI is InChI=1S/C14H23N3O/c1-4-14(3,18-5-2)13-15-9-8-12(17-13)10-16-11-6-7-11/h8-9,11,16H,4-7,10H2,1-3H3. The Bertz CT molecular complexity index is 392. The molecule has 0 spiro atoms. The highest BCUT2D eigenvalue weighted by molar-refractivity contribution is 5.08. The number of nitrogens with one attached hydrogen (secondary N) is 1. The minimum atomic E-state index is -0.371. The van der Waals surface area contributed by atoms with Crippen LogP contribution in [0, 0.1) is 0 Å². The number of rotatable bonds is 7. The van der Waals surface area contributed by atoms with Crippen LogP contribution in [0.4, 0.5) is 0 Å². The van der Waals surface area contributed by atoms with Gasteiger partial charge >= 0.3 is 0 Å². The van der Waals surface area contributed by atoms with E-state index in [1.807, 2.05) is 19.2 Å². The van der Waals surface area contributed by atoms with E-state index in [-0.39, 0.29) is 5.60 Å². The number of hydrogen-bond acceptors (Lipinski definition) is 4. The lowest BCUT2D eigenvalue weighted by Gasteiger charge is -2.26. The van der Waals surface area contributed by atoms with Crippen molar-refractivity contribution in [2.45, 2.75) is 58.2 Å². The summed E-state index contributed by atoms with van der Waals surface area (Å²) >= 11 is 0. The van der Waals surface area contributed by atoms with Crippen LogP contribution in [-0.4, -0.2) is 22.6 Å². The Labute approximate surface area is 109 Å². The first-order valence-electron chi connectivity index (χ1n) is 6.87.